The maximum Gasteiger partial charge on any atom is 0.255 e. The molecule has 16 heavy (non-hydrogen) atoms. The number of aryl methyl sites for hydroxylation is 1. The van der Waals surface area contributed by atoms with Crippen molar-refractivity contribution in [1.29, 1.82) is 0 Å². The smallest absolute Gasteiger partial charge is 0.255 e. The van der Waals surface area contributed by atoms with Crippen molar-refractivity contribution in [3.63, 3.8) is 0 Å². The monoisotopic (exact) mass is 305 g/mol. The second-order valence-corrected chi connectivity index (χ2v) is 4.98. The molecule has 1 aromatic rings. The number of rotatable bonds is 6. The lowest BCUT2D eigenvalue weighted by Gasteiger charge is -2.21. The van der Waals surface area contributed by atoms with Crippen LogP contribution in [0.2, 0.25) is 0 Å². The van der Waals surface area contributed by atoms with Gasteiger partial charge in [0.15, 0.2) is 0 Å². The average molecular weight is 306 g/mol. The van der Waals surface area contributed by atoms with Gasteiger partial charge in [-0.1, -0.05) is 15.9 Å². The summed E-state index contributed by atoms with van der Waals surface area (Å²) in [6.45, 7) is 3.88. The van der Waals surface area contributed by atoms with Gasteiger partial charge < -0.3 is 9.64 Å². The number of halogens is 1. The second-order valence-electron chi connectivity index (χ2n) is 3.44. The summed E-state index contributed by atoms with van der Waals surface area (Å²) in [5, 5.41) is 4.69. The van der Waals surface area contributed by atoms with Crippen molar-refractivity contribution in [1.82, 2.24) is 4.90 Å². The number of hydrogen-bond acceptors (Lipinski definition) is 3. The molecule has 5 heteroatoms. The van der Waals surface area contributed by atoms with Crippen LogP contribution in [-0.4, -0.2) is 42.9 Å². The molecule has 0 saturated heterocycles. The highest BCUT2D eigenvalue weighted by Gasteiger charge is 2.17. The van der Waals surface area contributed by atoms with Crippen molar-refractivity contribution in [3.05, 3.63) is 21.9 Å². The maximum atomic E-state index is 12.2. The summed E-state index contributed by atoms with van der Waals surface area (Å²) in [6.07, 6.45) is 0. The van der Waals surface area contributed by atoms with E-state index in [1.54, 1.807) is 18.4 Å². The van der Waals surface area contributed by atoms with Gasteiger partial charge in [-0.2, -0.15) is 11.3 Å². The van der Waals surface area contributed by atoms with Gasteiger partial charge in [-0.05, 0) is 17.9 Å². The van der Waals surface area contributed by atoms with Crippen LogP contribution < -0.4 is 0 Å². The van der Waals surface area contributed by atoms with Crippen LogP contribution in [-0.2, 0) is 4.74 Å². The predicted octanol–water partition coefficient (Wildman–Crippen LogP) is 2.54. The van der Waals surface area contributed by atoms with Crippen molar-refractivity contribution < 1.29 is 9.53 Å². The molecule has 3 nitrogen and oxygen atoms in total. The molecule has 0 radical (unpaired) electrons. The Kier molecular flexibility index (Phi) is 6.01. The number of hydrogen-bond donors (Lipinski definition) is 0. The Bertz CT molecular complexity index is 340. The number of nitrogens with zero attached hydrogens (tertiary/aromatic N) is 1. The van der Waals surface area contributed by atoms with Gasteiger partial charge in [0.1, 0.15) is 0 Å². The molecule has 0 aliphatic carbocycles. The first kappa shape index (κ1) is 13.7. The molecule has 90 valence electrons. The first-order valence-electron chi connectivity index (χ1n) is 5.07. The summed E-state index contributed by atoms with van der Waals surface area (Å²) >= 11 is 4.92. The van der Waals surface area contributed by atoms with Crippen LogP contribution in [0, 0.1) is 6.92 Å². The predicted molar refractivity (Wildman–Crippen MR) is 70.6 cm³/mol. The second kappa shape index (κ2) is 7.04. The van der Waals surface area contributed by atoms with E-state index in [-0.39, 0.29) is 5.91 Å². The first-order chi connectivity index (χ1) is 7.70. The van der Waals surface area contributed by atoms with E-state index in [9.17, 15) is 4.79 Å². The number of thiophene rings is 1. The fourth-order valence-electron chi connectivity index (χ4n) is 1.37. The van der Waals surface area contributed by atoms with Crippen molar-refractivity contribution in [3.8, 4) is 0 Å². The molecular weight excluding hydrogens is 290 g/mol. The Morgan fingerprint density at radius 1 is 1.50 bits per heavy atom. The zero-order chi connectivity index (χ0) is 12.0. The zero-order valence-electron chi connectivity index (χ0n) is 9.53. The van der Waals surface area contributed by atoms with E-state index in [0.29, 0.717) is 19.7 Å². The molecule has 0 saturated carbocycles. The molecule has 0 N–H and O–H groups in total. The molecule has 0 aliphatic rings. The van der Waals surface area contributed by atoms with E-state index >= 15 is 0 Å². The molecule has 0 spiro atoms. The Labute approximate surface area is 109 Å². The third-order valence-corrected chi connectivity index (χ3v) is 3.51. The summed E-state index contributed by atoms with van der Waals surface area (Å²) < 4.78 is 5.01. The fourth-order valence-corrected chi connectivity index (χ4v) is 2.62. The van der Waals surface area contributed by atoms with E-state index in [1.807, 2.05) is 22.6 Å². The Morgan fingerprint density at radius 2 is 2.25 bits per heavy atom. The highest BCUT2D eigenvalue weighted by molar-refractivity contribution is 9.09. The van der Waals surface area contributed by atoms with Gasteiger partial charge in [-0.25, -0.2) is 0 Å². The molecule has 0 unspecified atom stereocenters. The van der Waals surface area contributed by atoms with Crippen LogP contribution >= 0.6 is 27.3 Å². The lowest BCUT2D eigenvalue weighted by Crippen LogP contribution is -2.35. The van der Waals surface area contributed by atoms with Gasteiger partial charge >= 0.3 is 0 Å². The molecule has 1 aromatic heterocycles. The van der Waals surface area contributed by atoms with Gasteiger partial charge in [-0.3, -0.25) is 4.79 Å². The lowest BCUT2D eigenvalue weighted by atomic mass is 10.2. The summed E-state index contributed by atoms with van der Waals surface area (Å²) in [5.74, 6) is 0.0928. The minimum atomic E-state index is 0.0928. The third kappa shape index (κ3) is 3.57. The quantitative estimate of drug-likeness (QED) is 0.756. The largest absolute Gasteiger partial charge is 0.383 e. The van der Waals surface area contributed by atoms with Gasteiger partial charge in [0.2, 0.25) is 0 Å². The Balaban J connectivity index is 2.70. The van der Waals surface area contributed by atoms with Crippen LogP contribution in [0.3, 0.4) is 0 Å². The molecule has 0 bridgehead atoms. The third-order valence-electron chi connectivity index (χ3n) is 2.29. The van der Waals surface area contributed by atoms with E-state index in [0.717, 1.165) is 16.5 Å². The van der Waals surface area contributed by atoms with Crippen LogP contribution in [0.15, 0.2) is 10.8 Å². The summed E-state index contributed by atoms with van der Waals surface area (Å²) in [7, 11) is 1.65. The molecule has 0 fully saturated rings. The van der Waals surface area contributed by atoms with Crippen LogP contribution in [0.25, 0.3) is 0 Å². The summed E-state index contributed by atoms with van der Waals surface area (Å²) in [6, 6.07) is 0. The number of carbonyl (C=O) groups is 1. The lowest BCUT2D eigenvalue weighted by molar-refractivity contribution is 0.0709. The minimum Gasteiger partial charge on any atom is -0.383 e. The van der Waals surface area contributed by atoms with Crippen molar-refractivity contribution in [2.24, 2.45) is 0 Å². The Hall–Kier alpha value is -0.390. The molecule has 0 aliphatic heterocycles. The SMILES string of the molecule is COCCN(CCBr)C(=O)c1cscc1C. The van der Waals surface area contributed by atoms with Crippen molar-refractivity contribution in [2.75, 3.05) is 32.1 Å². The van der Waals surface area contributed by atoms with E-state index in [2.05, 4.69) is 15.9 Å². The topological polar surface area (TPSA) is 29.5 Å². The van der Waals surface area contributed by atoms with Crippen molar-refractivity contribution in [2.45, 2.75) is 6.92 Å². The van der Waals surface area contributed by atoms with Gasteiger partial charge in [0.05, 0.1) is 12.2 Å². The number of methoxy groups -OCH3 is 1. The first-order valence-corrected chi connectivity index (χ1v) is 7.14. The summed E-state index contributed by atoms with van der Waals surface area (Å²) in [4.78, 5) is 14.0. The molecule has 1 rings (SSSR count). The highest BCUT2D eigenvalue weighted by Crippen LogP contribution is 2.16. The number of ether oxygens (including phenoxy) is 1. The highest BCUT2D eigenvalue weighted by atomic mass is 79.9. The zero-order valence-corrected chi connectivity index (χ0v) is 11.9. The van der Waals surface area contributed by atoms with Gasteiger partial charge in [-0.15, -0.1) is 0 Å². The van der Waals surface area contributed by atoms with Crippen LogP contribution in [0.4, 0.5) is 0 Å². The van der Waals surface area contributed by atoms with E-state index in [4.69, 9.17) is 4.74 Å². The normalized spacial score (nSPS) is 10.4. The van der Waals surface area contributed by atoms with Gasteiger partial charge in [0.25, 0.3) is 5.91 Å². The van der Waals surface area contributed by atoms with Crippen LogP contribution in [0.5, 0.6) is 0 Å². The van der Waals surface area contributed by atoms with Crippen molar-refractivity contribution >= 4 is 33.2 Å². The molecule has 1 amide bonds. The average Bonchev–Trinajstić information content (AvgIpc) is 2.69. The molecule has 0 atom stereocenters. The maximum absolute atomic E-state index is 12.2. The van der Waals surface area contributed by atoms with E-state index in [1.165, 1.54) is 0 Å². The van der Waals surface area contributed by atoms with Crippen LogP contribution in [0.1, 0.15) is 15.9 Å². The molecule has 0 aromatic carbocycles. The fraction of sp³-hybridized carbons (Fsp3) is 0.545. The molecular formula is C11H16BrNO2S. The minimum absolute atomic E-state index is 0.0928. The number of amides is 1. The molecule has 1 heterocycles. The summed E-state index contributed by atoms with van der Waals surface area (Å²) in [5.41, 5.74) is 1.86. The standard InChI is InChI=1S/C11H16BrNO2S/c1-9-7-16-8-10(9)11(14)13(4-3-12)5-6-15-2/h7-8H,3-6H2,1-2H3. The number of alkyl halides is 1. The Morgan fingerprint density at radius 3 is 2.75 bits per heavy atom. The number of carbonyl (C=O) groups excluding carboxylic acids is 1. The van der Waals surface area contributed by atoms with E-state index < -0.39 is 0 Å². The van der Waals surface area contributed by atoms with Gasteiger partial charge in [0, 0.05) is 30.9 Å².